The Morgan fingerprint density at radius 3 is 2.31 bits per heavy atom. The number of ether oxygens (including phenoxy) is 1. The number of likely N-dealkylation sites (N-methyl/N-ethyl adjacent to an activating group) is 1. The summed E-state index contributed by atoms with van der Waals surface area (Å²) in [4.78, 5) is 39.2. The van der Waals surface area contributed by atoms with E-state index in [0.717, 1.165) is 4.90 Å². The van der Waals surface area contributed by atoms with Crippen LogP contribution in [0.4, 0.5) is 4.79 Å². The van der Waals surface area contributed by atoms with Crippen LogP contribution in [-0.2, 0) is 19.4 Å². The third kappa shape index (κ3) is 3.84. The van der Waals surface area contributed by atoms with E-state index >= 15 is 0 Å². The van der Waals surface area contributed by atoms with Crippen molar-refractivity contribution in [3.8, 4) is 5.75 Å². The largest absolute Gasteiger partial charge is 0.495 e. The van der Waals surface area contributed by atoms with Crippen LogP contribution in [0.5, 0.6) is 5.75 Å². The summed E-state index contributed by atoms with van der Waals surface area (Å²) < 4.78 is 30.9. The van der Waals surface area contributed by atoms with Crippen molar-refractivity contribution < 1.29 is 32.6 Å². The van der Waals surface area contributed by atoms with Gasteiger partial charge in [-0.15, -0.1) is 0 Å². The molecule has 0 spiro atoms. The Balaban J connectivity index is 2.62. The van der Waals surface area contributed by atoms with Crippen LogP contribution in [0.1, 0.15) is 27.2 Å². The van der Waals surface area contributed by atoms with Gasteiger partial charge in [0.1, 0.15) is 16.2 Å². The molecule has 158 valence electrons. The minimum Gasteiger partial charge on any atom is -0.495 e. The van der Waals surface area contributed by atoms with Crippen molar-refractivity contribution >= 4 is 27.7 Å². The first-order valence-corrected chi connectivity index (χ1v) is 10.4. The van der Waals surface area contributed by atoms with Gasteiger partial charge in [0.05, 0.1) is 18.7 Å². The molecule has 1 aliphatic rings. The zero-order chi connectivity index (χ0) is 22.1. The Hall–Kier alpha value is -2.88. The van der Waals surface area contributed by atoms with Crippen LogP contribution >= 0.6 is 0 Å². The zero-order valence-electron chi connectivity index (χ0n) is 16.9. The van der Waals surface area contributed by atoms with Crippen LogP contribution in [0.25, 0.3) is 0 Å². The zero-order valence-corrected chi connectivity index (χ0v) is 17.7. The lowest BCUT2D eigenvalue weighted by atomic mass is 10.0. The van der Waals surface area contributed by atoms with Gasteiger partial charge in [0.15, 0.2) is 0 Å². The molecule has 1 saturated heterocycles. The van der Waals surface area contributed by atoms with Crippen molar-refractivity contribution in [1.29, 1.82) is 0 Å². The molecule has 0 aromatic heterocycles. The number of carboxylic acids is 1. The van der Waals surface area contributed by atoms with Crippen molar-refractivity contribution in [3.05, 3.63) is 35.2 Å². The number of aliphatic carboxylic acids is 1. The summed E-state index contributed by atoms with van der Waals surface area (Å²) in [5.41, 5.74) is -1.75. The van der Waals surface area contributed by atoms with Crippen LogP contribution in [0.2, 0.25) is 0 Å². The topological polar surface area (TPSA) is 121 Å². The summed E-state index contributed by atoms with van der Waals surface area (Å²) in [6.45, 7) is 4.65. The highest BCUT2D eigenvalue weighted by Crippen LogP contribution is 2.32. The number of nitrogens with zero attached hydrogens (tertiary/aromatic N) is 2. The van der Waals surface area contributed by atoms with E-state index in [9.17, 15) is 27.9 Å². The smallest absolute Gasteiger partial charge is 0.334 e. The average molecular weight is 424 g/mol. The van der Waals surface area contributed by atoms with E-state index in [-0.39, 0.29) is 17.1 Å². The van der Waals surface area contributed by atoms with E-state index in [0.29, 0.717) is 5.41 Å². The molecule has 0 aliphatic carbocycles. The molecule has 0 bridgehead atoms. The highest BCUT2D eigenvalue weighted by Gasteiger charge is 2.52. The molecule has 0 radical (unpaired) electrons. The van der Waals surface area contributed by atoms with E-state index in [2.05, 4.69) is 0 Å². The first kappa shape index (κ1) is 22.4. The molecule has 2 rings (SSSR count). The van der Waals surface area contributed by atoms with Gasteiger partial charge in [-0.2, -0.15) is 0 Å². The Morgan fingerprint density at radius 1 is 1.28 bits per heavy atom. The molecular weight excluding hydrogens is 400 g/mol. The van der Waals surface area contributed by atoms with E-state index in [4.69, 9.17) is 4.74 Å². The molecule has 10 heteroatoms. The third-order valence-corrected chi connectivity index (χ3v) is 6.55. The summed E-state index contributed by atoms with van der Waals surface area (Å²) in [5, 5.41) is 10.3. The van der Waals surface area contributed by atoms with Crippen LogP contribution in [0.15, 0.2) is 40.1 Å². The minimum atomic E-state index is -4.24. The number of benzene rings is 1. The van der Waals surface area contributed by atoms with Crippen molar-refractivity contribution in [2.75, 3.05) is 14.2 Å². The van der Waals surface area contributed by atoms with Gasteiger partial charge in [-0.3, -0.25) is 9.69 Å². The summed E-state index contributed by atoms with van der Waals surface area (Å²) in [7, 11) is -1.51. The molecule has 0 saturated carbocycles. The predicted molar refractivity (Wildman–Crippen MR) is 104 cm³/mol. The second kappa shape index (κ2) is 7.86. The monoisotopic (exact) mass is 424 g/mol. The van der Waals surface area contributed by atoms with Gasteiger partial charge < -0.3 is 14.7 Å². The van der Waals surface area contributed by atoms with Crippen molar-refractivity contribution in [3.63, 3.8) is 0 Å². The number of rotatable bonds is 7. The number of urea groups is 1. The minimum absolute atomic E-state index is 0.0287. The molecule has 3 amide bonds. The van der Waals surface area contributed by atoms with E-state index < -0.39 is 44.9 Å². The lowest BCUT2D eigenvalue weighted by Gasteiger charge is -2.25. The van der Waals surface area contributed by atoms with E-state index in [1.807, 2.05) is 0 Å². The summed E-state index contributed by atoms with van der Waals surface area (Å²) in [6.07, 6.45) is 0.0287. The SMILES string of the molecule is CCC(C(=CS(=O)(=O)c1ccccc1OC)C(=O)O)N1C(=O)N(C)C(C)(C)C1=O. The fourth-order valence-corrected chi connectivity index (χ4v) is 4.52. The lowest BCUT2D eigenvalue weighted by Crippen LogP contribution is -2.45. The Kier molecular flexibility index (Phi) is 6.07. The molecule has 1 atom stereocenters. The lowest BCUT2D eigenvalue weighted by molar-refractivity contribution is -0.135. The number of imide groups is 1. The van der Waals surface area contributed by atoms with Gasteiger partial charge in [0.2, 0.25) is 9.84 Å². The van der Waals surface area contributed by atoms with Gasteiger partial charge in [-0.1, -0.05) is 19.1 Å². The summed E-state index contributed by atoms with van der Waals surface area (Å²) >= 11 is 0. The average Bonchev–Trinajstić information content (AvgIpc) is 2.82. The number of methoxy groups -OCH3 is 1. The number of hydrogen-bond donors (Lipinski definition) is 1. The number of carbonyl (C=O) groups is 3. The van der Waals surface area contributed by atoms with Gasteiger partial charge >= 0.3 is 12.0 Å². The molecule has 1 aromatic rings. The molecule has 1 aliphatic heterocycles. The van der Waals surface area contributed by atoms with Crippen LogP contribution in [0.3, 0.4) is 0 Å². The van der Waals surface area contributed by atoms with Gasteiger partial charge in [-0.25, -0.2) is 18.0 Å². The van der Waals surface area contributed by atoms with Gasteiger partial charge in [-0.05, 0) is 32.4 Å². The molecule has 9 nitrogen and oxygen atoms in total. The molecule has 1 aromatic carbocycles. The fraction of sp³-hybridized carbons (Fsp3) is 0.421. The van der Waals surface area contributed by atoms with E-state index in [1.54, 1.807) is 13.0 Å². The second-order valence-corrected chi connectivity index (χ2v) is 8.84. The quantitative estimate of drug-likeness (QED) is 0.524. The van der Waals surface area contributed by atoms with Crippen LogP contribution in [-0.4, -0.2) is 67.0 Å². The highest BCUT2D eigenvalue weighted by molar-refractivity contribution is 7.94. The van der Waals surface area contributed by atoms with Crippen LogP contribution in [0, 0.1) is 0 Å². The number of carboxylic acid groups (broad SMARTS) is 1. The molecule has 1 heterocycles. The maximum atomic E-state index is 12.9. The third-order valence-electron chi connectivity index (χ3n) is 5.04. The Morgan fingerprint density at radius 2 is 1.86 bits per heavy atom. The number of carbonyl (C=O) groups excluding carboxylic acids is 2. The summed E-state index contributed by atoms with van der Waals surface area (Å²) in [5.74, 6) is -2.09. The van der Waals surface area contributed by atoms with Crippen LogP contribution < -0.4 is 4.74 Å². The Labute approximate surface area is 169 Å². The van der Waals surface area contributed by atoms with Gasteiger partial charge in [0, 0.05) is 12.5 Å². The maximum absolute atomic E-state index is 12.9. The molecular formula is C19H24N2O7S. The number of para-hydroxylation sites is 1. The predicted octanol–water partition coefficient (Wildman–Crippen LogP) is 1.89. The summed E-state index contributed by atoms with van der Waals surface area (Å²) in [6, 6.07) is 3.84. The Bertz CT molecular complexity index is 982. The van der Waals surface area contributed by atoms with Gasteiger partial charge in [0.25, 0.3) is 5.91 Å². The number of amides is 3. The maximum Gasteiger partial charge on any atom is 0.334 e. The highest BCUT2D eigenvalue weighted by atomic mass is 32.2. The van der Waals surface area contributed by atoms with Crippen molar-refractivity contribution in [1.82, 2.24) is 9.80 Å². The van der Waals surface area contributed by atoms with Crippen molar-refractivity contribution in [2.24, 2.45) is 0 Å². The fourth-order valence-electron chi connectivity index (χ4n) is 3.10. The first-order chi connectivity index (χ1) is 13.4. The molecule has 29 heavy (non-hydrogen) atoms. The standard InChI is InChI=1S/C19H24N2O7S/c1-6-13(21-17(24)19(2,3)20(4)18(21)25)12(16(22)23)11-29(26,27)15-10-8-7-9-14(15)28-5/h7-11,13H,6H2,1-5H3,(H,22,23). The van der Waals surface area contributed by atoms with Crippen molar-refractivity contribution in [2.45, 2.75) is 43.7 Å². The first-order valence-electron chi connectivity index (χ1n) is 8.84. The number of hydrogen-bond acceptors (Lipinski definition) is 6. The molecule has 1 fully saturated rings. The molecule has 1 unspecified atom stereocenters. The van der Waals surface area contributed by atoms with E-state index in [1.165, 1.54) is 51.1 Å². The number of sulfone groups is 1. The second-order valence-electron chi connectivity index (χ2n) is 7.07. The molecule has 1 N–H and O–H groups in total. The normalized spacial score (nSPS) is 18.2.